The fourth-order valence-electron chi connectivity index (χ4n) is 2.24. The van der Waals surface area contributed by atoms with E-state index < -0.39 is 15.4 Å². The minimum Gasteiger partial charge on any atom is -0.334 e. The van der Waals surface area contributed by atoms with Crippen LogP contribution < -0.4 is 5.73 Å². The third-order valence-corrected chi connectivity index (χ3v) is 5.79. The Morgan fingerprint density at radius 3 is 2.59 bits per heavy atom. The molecular formula is C13H15BrClN3O3S. The summed E-state index contributed by atoms with van der Waals surface area (Å²) in [5.74, 6) is 0.756. The molecule has 6 nitrogen and oxygen atoms in total. The molecule has 1 saturated carbocycles. The van der Waals surface area contributed by atoms with E-state index in [1.54, 1.807) is 12.1 Å². The third-order valence-electron chi connectivity index (χ3n) is 3.69. The SMILES string of the molecule is CS(=O)(=O)c1cc(-c2nc(C3(N)CCC3)no2)ccc1Br.Cl. The average Bonchev–Trinajstić information content (AvgIpc) is 2.85. The second kappa shape index (κ2) is 5.92. The van der Waals surface area contributed by atoms with E-state index in [1.165, 1.54) is 6.07 Å². The van der Waals surface area contributed by atoms with Crippen LogP contribution in [0.2, 0.25) is 0 Å². The number of aromatic nitrogens is 2. The number of hydrogen-bond acceptors (Lipinski definition) is 6. The molecule has 0 saturated heterocycles. The summed E-state index contributed by atoms with van der Waals surface area (Å²) >= 11 is 3.23. The minimum absolute atomic E-state index is 0. The molecule has 3 rings (SSSR count). The maximum Gasteiger partial charge on any atom is 0.258 e. The molecule has 1 fully saturated rings. The lowest BCUT2D eigenvalue weighted by Crippen LogP contribution is -2.44. The molecule has 0 radical (unpaired) electrons. The van der Waals surface area contributed by atoms with Crippen LogP contribution in [-0.4, -0.2) is 24.8 Å². The monoisotopic (exact) mass is 407 g/mol. The molecule has 0 amide bonds. The normalized spacial score (nSPS) is 16.7. The Bertz CT molecular complexity index is 803. The number of rotatable bonds is 3. The van der Waals surface area contributed by atoms with Gasteiger partial charge in [0.2, 0.25) is 0 Å². The summed E-state index contributed by atoms with van der Waals surface area (Å²) in [6.45, 7) is 0. The first-order chi connectivity index (χ1) is 9.79. The molecular weight excluding hydrogens is 394 g/mol. The molecule has 1 heterocycles. The molecule has 2 N–H and O–H groups in total. The maximum absolute atomic E-state index is 11.7. The lowest BCUT2D eigenvalue weighted by atomic mass is 9.77. The van der Waals surface area contributed by atoms with Gasteiger partial charge in [-0.05, 0) is 53.4 Å². The second-order valence-electron chi connectivity index (χ2n) is 5.35. The molecule has 0 unspecified atom stereocenters. The molecule has 9 heteroatoms. The highest BCUT2D eigenvalue weighted by Crippen LogP contribution is 2.38. The molecule has 22 heavy (non-hydrogen) atoms. The Labute approximate surface area is 142 Å². The van der Waals surface area contributed by atoms with E-state index in [-0.39, 0.29) is 23.2 Å². The Morgan fingerprint density at radius 1 is 1.36 bits per heavy atom. The van der Waals surface area contributed by atoms with E-state index in [4.69, 9.17) is 10.3 Å². The topological polar surface area (TPSA) is 99.1 Å². The molecule has 1 aromatic heterocycles. The number of nitrogens with zero attached hydrogens (tertiary/aromatic N) is 2. The zero-order valence-electron chi connectivity index (χ0n) is 11.7. The molecule has 0 spiro atoms. The van der Waals surface area contributed by atoms with Gasteiger partial charge < -0.3 is 10.3 Å². The van der Waals surface area contributed by atoms with Crippen molar-refractivity contribution >= 4 is 38.2 Å². The standard InChI is InChI=1S/C13H14BrN3O3S.ClH/c1-21(18,19)10-7-8(3-4-9(10)14)11-16-12(17-20-11)13(15)5-2-6-13;/h3-4,7H,2,5-6,15H2,1H3;1H. The summed E-state index contributed by atoms with van der Waals surface area (Å²) in [4.78, 5) is 4.50. The van der Waals surface area contributed by atoms with Gasteiger partial charge >= 0.3 is 0 Å². The van der Waals surface area contributed by atoms with E-state index in [9.17, 15) is 8.42 Å². The smallest absolute Gasteiger partial charge is 0.258 e. The van der Waals surface area contributed by atoms with Gasteiger partial charge in [0.25, 0.3) is 5.89 Å². The first-order valence-electron chi connectivity index (χ1n) is 6.43. The van der Waals surface area contributed by atoms with Crippen molar-refractivity contribution in [3.63, 3.8) is 0 Å². The highest BCUT2D eigenvalue weighted by atomic mass is 79.9. The van der Waals surface area contributed by atoms with Gasteiger partial charge in [0.05, 0.1) is 10.4 Å². The molecule has 1 aromatic carbocycles. The largest absolute Gasteiger partial charge is 0.334 e. The molecule has 1 aliphatic rings. The maximum atomic E-state index is 11.7. The van der Waals surface area contributed by atoms with Crippen LogP contribution in [-0.2, 0) is 15.4 Å². The van der Waals surface area contributed by atoms with Crippen LogP contribution >= 0.6 is 28.3 Å². The summed E-state index contributed by atoms with van der Waals surface area (Å²) in [6, 6.07) is 4.89. The zero-order valence-corrected chi connectivity index (χ0v) is 15.0. The number of halogens is 2. The third kappa shape index (κ3) is 3.05. The summed E-state index contributed by atoms with van der Waals surface area (Å²) in [5.41, 5.74) is 6.20. The quantitative estimate of drug-likeness (QED) is 0.838. The predicted octanol–water partition coefficient (Wildman–Crippen LogP) is 2.66. The number of benzene rings is 1. The molecule has 0 atom stereocenters. The van der Waals surface area contributed by atoms with Crippen molar-refractivity contribution in [2.24, 2.45) is 5.73 Å². The Morgan fingerprint density at radius 2 is 2.05 bits per heavy atom. The van der Waals surface area contributed by atoms with Crippen LogP contribution in [0.5, 0.6) is 0 Å². The second-order valence-corrected chi connectivity index (χ2v) is 8.19. The lowest BCUT2D eigenvalue weighted by molar-refractivity contribution is 0.229. The molecule has 0 bridgehead atoms. The fraction of sp³-hybridized carbons (Fsp3) is 0.385. The van der Waals surface area contributed by atoms with Crippen LogP contribution in [0, 0.1) is 0 Å². The number of hydrogen-bond donors (Lipinski definition) is 1. The van der Waals surface area contributed by atoms with Crippen molar-refractivity contribution < 1.29 is 12.9 Å². The van der Waals surface area contributed by atoms with Crippen LogP contribution in [0.3, 0.4) is 0 Å². The summed E-state index contributed by atoms with van der Waals surface area (Å²) in [7, 11) is -3.34. The predicted molar refractivity (Wildman–Crippen MR) is 87.5 cm³/mol. The average molecular weight is 409 g/mol. The van der Waals surface area contributed by atoms with Crippen molar-refractivity contribution in [1.29, 1.82) is 0 Å². The van der Waals surface area contributed by atoms with Gasteiger partial charge in [0.1, 0.15) is 0 Å². The number of sulfone groups is 1. The highest BCUT2D eigenvalue weighted by Gasteiger charge is 2.39. The fourth-order valence-corrected chi connectivity index (χ4v) is 4.14. The first kappa shape index (κ1) is 17.4. The van der Waals surface area contributed by atoms with Crippen molar-refractivity contribution in [1.82, 2.24) is 10.1 Å². The number of nitrogens with two attached hydrogens (primary N) is 1. The Hall–Kier alpha value is -0.960. The van der Waals surface area contributed by atoms with Crippen molar-refractivity contribution in [2.75, 3.05) is 6.26 Å². The van der Waals surface area contributed by atoms with Crippen LogP contribution in [0.25, 0.3) is 11.5 Å². The van der Waals surface area contributed by atoms with Gasteiger partial charge in [-0.15, -0.1) is 12.4 Å². The minimum atomic E-state index is -3.34. The molecule has 2 aromatic rings. The van der Waals surface area contributed by atoms with Crippen LogP contribution in [0.1, 0.15) is 25.1 Å². The zero-order chi connectivity index (χ0) is 15.3. The van der Waals surface area contributed by atoms with E-state index >= 15 is 0 Å². The van der Waals surface area contributed by atoms with Crippen molar-refractivity contribution in [3.8, 4) is 11.5 Å². The van der Waals surface area contributed by atoms with Crippen molar-refractivity contribution in [2.45, 2.75) is 29.7 Å². The lowest BCUT2D eigenvalue weighted by Gasteiger charge is -2.34. The molecule has 1 aliphatic carbocycles. The highest BCUT2D eigenvalue weighted by molar-refractivity contribution is 9.10. The van der Waals surface area contributed by atoms with E-state index in [1.807, 2.05) is 0 Å². The van der Waals surface area contributed by atoms with E-state index in [0.717, 1.165) is 25.5 Å². The van der Waals surface area contributed by atoms with Gasteiger partial charge in [-0.25, -0.2) is 8.42 Å². The van der Waals surface area contributed by atoms with E-state index in [2.05, 4.69) is 26.1 Å². The Balaban J connectivity index is 0.00000176. The van der Waals surface area contributed by atoms with Gasteiger partial charge in [-0.3, -0.25) is 0 Å². The van der Waals surface area contributed by atoms with Gasteiger partial charge in [0, 0.05) is 16.3 Å². The van der Waals surface area contributed by atoms with Crippen molar-refractivity contribution in [3.05, 3.63) is 28.5 Å². The summed E-state index contributed by atoms with van der Waals surface area (Å²) < 4.78 is 29.2. The molecule has 0 aliphatic heterocycles. The van der Waals surface area contributed by atoms with Crippen LogP contribution in [0.15, 0.2) is 32.1 Å². The van der Waals surface area contributed by atoms with Gasteiger partial charge in [-0.2, -0.15) is 4.98 Å². The van der Waals surface area contributed by atoms with Gasteiger partial charge in [0.15, 0.2) is 15.7 Å². The first-order valence-corrected chi connectivity index (χ1v) is 9.11. The summed E-state index contributed by atoms with van der Waals surface area (Å²) in [6.07, 6.45) is 3.87. The van der Waals surface area contributed by atoms with E-state index in [0.29, 0.717) is 15.9 Å². The Kier molecular flexibility index (Phi) is 4.68. The molecule has 120 valence electrons. The van der Waals surface area contributed by atoms with Crippen LogP contribution in [0.4, 0.5) is 0 Å². The summed E-state index contributed by atoms with van der Waals surface area (Å²) in [5, 5.41) is 3.93. The van der Waals surface area contributed by atoms with Gasteiger partial charge in [-0.1, -0.05) is 5.16 Å².